The monoisotopic (exact) mass is 426 g/mol. The molecule has 0 spiro atoms. The van der Waals surface area contributed by atoms with Crippen molar-refractivity contribution in [2.45, 2.75) is 39.3 Å². The summed E-state index contributed by atoms with van der Waals surface area (Å²) in [6.45, 7) is 4.30. The van der Waals surface area contributed by atoms with Gasteiger partial charge in [-0.25, -0.2) is 0 Å². The third-order valence-electron chi connectivity index (χ3n) is 5.95. The molecule has 1 atom stereocenters. The van der Waals surface area contributed by atoms with Crippen molar-refractivity contribution in [1.29, 1.82) is 0 Å². The smallest absolute Gasteiger partial charge is 0.290 e. The lowest BCUT2D eigenvalue weighted by Crippen LogP contribution is -2.31. The van der Waals surface area contributed by atoms with Crippen LogP contribution in [0.1, 0.15) is 40.3 Å². The lowest BCUT2D eigenvalue weighted by Gasteiger charge is -2.27. The highest BCUT2D eigenvalue weighted by atomic mass is 16.3. The van der Waals surface area contributed by atoms with Crippen molar-refractivity contribution in [3.05, 3.63) is 112 Å². The van der Waals surface area contributed by atoms with Gasteiger partial charge in [0.1, 0.15) is 0 Å². The molecule has 1 aliphatic rings. The molecular formula is C27H26N2O3. The van der Waals surface area contributed by atoms with Crippen LogP contribution in [0.25, 0.3) is 0 Å². The van der Waals surface area contributed by atoms with Crippen LogP contribution in [0.2, 0.25) is 0 Å². The largest absolute Gasteiger partial charge is 0.503 e. The van der Waals surface area contributed by atoms with Crippen LogP contribution in [-0.4, -0.2) is 26.7 Å². The maximum atomic E-state index is 13.3. The van der Waals surface area contributed by atoms with Gasteiger partial charge in [-0.2, -0.15) is 0 Å². The summed E-state index contributed by atoms with van der Waals surface area (Å²) < 4.78 is 0. The van der Waals surface area contributed by atoms with Gasteiger partial charge in [-0.3, -0.25) is 14.6 Å². The van der Waals surface area contributed by atoms with Gasteiger partial charge in [0.25, 0.3) is 5.91 Å². The van der Waals surface area contributed by atoms with E-state index >= 15 is 0 Å². The van der Waals surface area contributed by atoms with Gasteiger partial charge in [0.2, 0.25) is 0 Å². The van der Waals surface area contributed by atoms with Crippen molar-refractivity contribution >= 4 is 11.7 Å². The minimum absolute atomic E-state index is 0.169. The molecule has 0 radical (unpaired) electrons. The summed E-state index contributed by atoms with van der Waals surface area (Å²) in [6.07, 6.45) is 4.04. The molecule has 0 bridgehead atoms. The predicted molar refractivity (Wildman–Crippen MR) is 123 cm³/mol. The zero-order chi connectivity index (χ0) is 22.7. The van der Waals surface area contributed by atoms with E-state index in [1.54, 1.807) is 29.4 Å². The van der Waals surface area contributed by atoms with E-state index in [-0.39, 0.29) is 17.8 Å². The van der Waals surface area contributed by atoms with Crippen molar-refractivity contribution < 1.29 is 14.7 Å². The van der Waals surface area contributed by atoms with Gasteiger partial charge in [0.05, 0.1) is 11.6 Å². The van der Waals surface area contributed by atoms with Gasteiger partial charge in [-0.1, -0.05) is 54.1 Å². The SMILES string of the molecule is Cc1ccc(C)c(CN2C(=O)C(O)=C(C(=O)CCc3ccccc3)C2c2ccncc2)c1. The van der Waals surface area contributed by atoms with Crippen LogP contribution in [-0.2, 0) is 22.6 Å². The third-order valence-corrected chi connectivity index (χ3v) is 5.95. The summed E-state index contributed by atoms with van der Waals surface area (Å²) in [5, 5.41) is 10.8. The normalized spacial score (nSPS) is 16.0. The number of aliphatic hydroxyl groups excluding tert-OH is 1. The lowest BCUT2D eigenvalue weighted by atomic mass is 9.93. The second-order valence-electron chi connectivity index (χ2n) is 8.22. The van der Waals surface area contributed by atoms with Gasteiger partial charge in [-0.05, 0) is 54.7 Å². The minimum Gasteiger partial charge on any atom is -0.503 e. The topological polar surface area (TPSA) is 70.5 Å². The van der Waals surface area contributed by atoms with Gasteiger partial charge >= 0.3 is 0 Å². The number of hydrogen-bond acceptors (Lipinski definition) is 4. The number of amides is 1. The molecule has 0 saturated heterocycles. The molecule has 2 heterocycles. The summed E-state index contributed by atoms with van der Waals surface area (Å²) in [5.74, 6) is -1.18. The number of rotatable bonds is 7. The average molecular weight is 427 g/mol. The van der Waals surface area contributed by atoms with Crippen molar-refractivity contribution in [3.8, 4) is 0 Å². The van der Waals surface area contributed by atoms with E-state index in [0.29, 0.717) is 13.0 Å². The Morgan fingerprint density at radius 2 is 1.75 bits per heavy atom. The van der Waals surface area contributed by atoms with E-state index < -0.39 is 17.7 Å². The predicted octanol–water partition coefficient (Wildman–Crippen LogP) is 4.80. The first kappa shape index (κ1) is 21.5. The second-order valence-corrected chi connectivity index (χ2v) is 8.22. The first-order valence-electron chi connectivity index (χ1n) is 10.7. The van der Waals surface area contributed by atoms with Crippen LogP contribution in [0.3, 0.4) is 0 Å². The zero-order valence-electron chi connectivity index (χ0n) is 18.3. The Bertz CT molecular complexity index is 1170. The summed E-state index contributed by atoms with van der Waals surface area (Å²) in [6, 6.07) is 18.7. The first-order chi connectivity index (χ1) is 15.5. The molecule has 3 aromatic rings. The number of hydrogen-bond donors (Lipinski definition) is 1. The molecule has 32 heavy (non-hydrogen) atoms. The molecule has 4 rings (SSSR count). The molecule has 1 aliphatic heterocycles. The zero-order valence-corrected chi connectivity index (χ0v) is 18.3. The number of ketones is 1. The number of aromatic nitrogens is 1. The highest BCUT2D eigenvalue weighted by Crippen LogP contribution is 2.39. The van der Waals surface area contributed by atoms with E-state index in [1.165, 1.54) is 0 Å². The second kappa shape index (κ2) is 9.18. The van der Waals surface area contributed by atoms with Crippen molar-refractivity contribution in [3.63, 3.8) is 0 Å². The van der Waals surface area contributed by atoms with E-state index in [9.17, 15) is 14.7 Å². The van der Waals surface area contributed by atoms with Crippen molar-refractivity contribution in [2.75, 3.05) is 0 Å². The highest BCUT2D eigenvalue weighted by Gasteiger charge is 2.43. The van der Waals surface area contributed by atoms with Crippen molar-refractivity contribution in [1.82, 2.24) is 9.88 Å². The number of Topliss-reactive ketones (excluding diaryl/α,β-unsaturated/α-hetero) is 1. The number of benzene rings is 2. The molecule has 1 aromatic heterocycles. The number of carbonyl (C=O) groups excluding carboxylic acids is 2. The summed E-state index contributed by atoms with van der Waals surface area (Å²) in [7, 11) is 0. The fraction of sp³-hybridized carbons (Fsp3) is 0.222. The van der Waals surface area contributed by atoms with Crippen LogP contribution in [0, 0.1) is 13.8 Å². The Morgan fingerprint density at radius 3 is 2.47 bits per heavy atom. The molecule has 1 unspecified atom stereocenters. The number of aryl methyl sites for hydroxylation is 3. The molecule has 0 saturated carbocycles. The Morgan fingerprint density at radius 1 is 1.03 bits per heavy atom. The molecular weight excluding hydrogens is 400 g/mol. The Hall–Kier alpha value is -3.73. The molecule has 2 aromatic carbocycles. The Labute approximate surface area is 188 Å². The maximum Gasteiger partial charge on any atom is 0.290 e. The Kier molecular flexibility index (Phi) is 6.17. The maximum absolute atomic E-state index is 13.3. The number of carbonyl (C=O) groups is 2. The van der Waals surface area contributed by atoms with Gasteiger partial charge in [-0.15, -0.1) is 0 Å². The molecule has 162 valence electrons. The number of nitrogens with zero attached hydrogens (tertiary/aromatic N) is 2. The summed E-state index contributed by atoms with van der Waals surface area (Å²) in [5.41, 5.74) is 5.10. The quantitative estimate of drug-likeness (QED) is 0.589. The van der Waals surface area contributed by atoms with Crippen LogP contribution >= 0.6 is 0 Å². The highest BCUT2D eigenvalue weighted by molar-refractivity contribution is 6.09. The van der Waals surface area contributed by atoms with Crippen LogP contribution < -0.4 is 0 Å². The van der Waals surface area contributed by atoms with Crippen LogP contribution in [0.4, 0.5) is 0 Å². The number of pyridine rings is 1. The van der Waals surface area contributed by atoms with Crippen LogP contribution in [0.15, 0.2) is 84.4 Å². The first-order valence-corrected chi connectivity index (χ1v) is 10.7. The number of aliphatic hydroxyl groups is 1. The fourth-order valence-corrected chi connectivity index (χ4v) is 4.19. The molecule has 0 aliphatic carbocycles. The van der Waals surface area contributed by atoms with E-state index in [4.69, 9.17) is 0 Å². The average Bonchev–Trinajstić information content (AvgIpc) is 3.06. The molecule has 1 N–H and O–H groups in total. The standard InChI is InChI=1S/C27H26N2O3/c1-18-8-9-19(2)22(16-18)17-29-25(21-12-14-28-15-13-21)24(26(31)27(29)32)23(30)11-10-20-6-4-3-5-7-20/h3-9,12-16,25,31H,10-11,17H2,1-2H3. The molecule has 0 fully saturated rings. The van der Waals surface area contributed by atoms with Gasteiger partial charge in [0.15, 0.2) is 11.5 Å². The van der Waals surface area contributed by atoms with E-state index in [2.05, 4.69) is 4.98 Å². The fourth-order valence-electron chi connectivity index (χ4n) is 4.19. The van der Waals surface area contributed by atoms with E-state index in [1.807, 2.05) is 62.4 Å². The van der Waals surface area contributed by atoms with Gasteiger partial charge < -0.3 is 10.0 Å². The Balaban J connectivity index is 1.67. The minimum atomic E-state index is -0.645. The lowest BCUT2D eigenvalue weighted by molar-refractivity contribution is -0.130. The third kappa shape index (κ3) is 4.33. The van der Waals surface area contributed by atoms with Crippen LogP contribution in [0.5, 0.6) is 0 Å². The summed E-state index contributed by atoms with van der Waals surface area (Å²) in [4.78, 5) is 32.0. The molecule has 5 nitrogen and oxygen atoms in total. The van der Waals surface area contributed by atoms with Gasteiger partial charge in [0, 0.05) is 25.4 Å². The molecule has 1 amide bonds. The van der Waals surface area contributed by atoms with Crippen molar-refractivity contribution in [2.24, 2.45) is 0 Å². The van der Waals surface area contributed by atoms with E-state index in [0.717, 1.165) is 27.8 Å². The summed E-state index contributed by atoms with van der Waals surface area (Å²) >= 11 is 0. The molecule has 5 heteroatoms.